The number of ether oxygens (including phenoxy) is 2. The summed E-state index contributed by atoms with van der Waals surface area (Å²) < 4.78 is 8.49. The molecule has 0 radical (unpaired) electrons. The molecule has 0 bridgehead atoms. The fourth-order valence-corrected chi connectivity index (χ4v) is 0.501. The lowest BCUT2D eigenvalue weighted by molar-refractivity contribution is -0.145. The van der Waals surface area contributed by atoms with Gasteiger partial charge in [-0.1, -0.05) is 0 Å². The minimum Gasteiger partial charge on any atom is -0.461 e. The monoisotopic (exact) mass is 164 g/mol. The standard InChI is InChI=1S/C4H6O4.C2H6O/c5-2-1-8-4(7)3(2)6;1-3-2/h2-3,5-6H,1H2;1-2H3. The van der Waals surface area contributed by atoms with Crippen LogP contribution in [0, 0.1) is 0 Å². The molecule has 1 saturated heterocycles. The maximum atomic E-state index is 10.2. The quantitative estimate of drug-likeness (QED) is 0.427. The molecular formula is C6H12O5. The van der Waals surface area contributed by atoms with Crippen molar-refractivity contribution in [2.24, 2.45) is 0 Å². The summed E-state index contributed by atoms with van der Waals surface area (Å²) in [6.45, 7) is -0.0833. The lowest BCUT2D eigenvalue weighted by Gasteiger charge is -1.97. The summed E-state index contributed by atoms with van der Waals surface area (Å²) >= 11 is 0. The summed E-state index contributed by atoms with van der Waals surface area (Å²) in [7, 11) is 3.25. The van der Waals surface area contributed by atoms with Crippen molar-refractivity contribution in [3.63, 3.8) is 0 Å². The minimum atomic E-state index is -1.32. The Morgan fingerprint density at radius 3 is 2.09 bits per heavy atom. The number of esters is 1. The maximum absolute atomic E-state index is 10.2. The number of hydrogen-bond donors (Lipinski definition) is 2. The van der Waals surface area contributed by atoms with Crippen LogP contribution >= 0.6 is 0 Å². The van der Waals surface area contributed by atoms with Crippen LogP contribution in [0.5, 0.6) is 0 Å². The molecule has 1 rings (SSSR count). The van der Waals surface area contributed by atoms with Crippen molar-refractivity contribution in [2.45, 2.75) is 12.2 Å². The molecule has 0 amide bonds. The highest BCUT2D eigenvalue weighted by molar-refractivity contribution is 5.77. The third-order valence-corrected chi connectivity index (χ3v) is 1.00. The van der Waals surface area contributed by atoms with Gasteiger partial charge in [-0.05, 0) is 0 Å². The number of carbonyl (C=O) groups is 1. The Morgan fingerprint density at radius 2 is 2.00 bits per heavy atom. The lowest BCUT2D eigenvalue weighted by Crippen LogP contribution is -2.25. The maximum Gasteiger partial charge on any atom is 0.337 e. The molecule has 0 saturated carbocycles. The Morgan fingerprint density at radius 1 is 1.55 bits per heavy atom. The van der Waals surface area contributed by atoms with Gasteiger partial charge in [0.15, 0.2) is 6.10 Å². The van der Waals surface area contributed by atoms with Crippen molar-refractivity contribution < 1.29 is 24.5 Å². The fourth-order valence-electron chi connectivity index (χ4n) is 0.501. The normalized spacial score (nSPS) is 28.9. The molecule has 66 valence electrons. The summed E-state index contributed by atoms with van der Waals surface area (Å²) in [5.74, 6) is -0.738. The average Bonchev–Trinajstić information content (AvgIpc) is 2.22. The number of aliphatic hydroxyl groups excluding tert-OH is 2. The summed E-state index contributed by atoms with van der Waals surface area (Å²) in [5.41, 5.74) is 0. The first-order valence-corrected chi connectivity index (χ1v) is 3.06. The molecule has 0 aromatic carbocycles. The molecule has 1 fully saturated rings. The van der Waals surface area contributed by atoms with E-state index < -0.39 is 18.2 Å². The van der Waals surface area contributed by atoms with Crippen LogP contribution in [-0.4, -0.2) is 49.2 Å². The molecule has 0 aromatic heterocycles. The molecule has 1 heterocycles. The highest BCUT2D eigenvalue weighted by Gasteiger charge is 2.33. The first-order valence-electron chi connectivity index (χ1n) is 3.06. The summed E-state index contributed by atoms with van der Waals surface area (Å²) in [4.78, 5) is 10.2. The second-order valence-electron chi connectivity index (χ2n) is 2.05. The van der Waals surface area contributed by atoms with E-state index in [1.54, 1.807) is 14.2 Å². The van der Waals surface area contributed by atoms with Crippen LogP contribution in [0.3, 0.4) is 0 Å². The van der Waals surface area contributed by atoms with E-state index in [1.807, 2.05) is 0 Å². The zero-order valence-electron chi connectivity index (χ0n) is 6.48. The fraction of sp³-hybridized carbons (Fsp3) is 0.833. The zero-order chi connectivity index (χ0) is 8.85. The highest BCUT2D eigenvalue weighted by Crippen LogP contribution is 2.05. The lowest BCUT2D eigenvalue weighted by atomic mass is 10.3. The van der Waals surface area contributed by atoms with Crippen LogP contribution in [0.15, 0.2) is 0 Å². The van der Waals surface area contributed by atoms with Crippen molar-refractivity contribution in [3.8, 4) is 0 Å². The average molecular weight is 164 g/mol. The molecule has 1 aliphatic heterocycles. The largest absolute Gasteiger partial charge is 0.461 e. The minimum absolute atomic E-state index is 0.0833. The smallest absolute Gasteiger partial charge is 0.337 e. The van der Waals surface area contributed by atoms with Crippen LogP contribution < -0.4 is 0 Å². The summed E-state index contributed by atoms with van der Waals surface area (Å²) in [6, 6.07) is 0. The van der Waals surface area contributed by atoms with E-state index in [0.29, 0.717) is 0 Å². The molecule has 2 atom stereocenters. The number of rotatable bonds is 0. The molecule has 1 aliphatic rings. The van der Waals surface area contributed by atoms with Gasteiger partial charge < -0.3 is 19.7 Å². The number of cyclic esters (lactones) is 1. The van der Waals surface area contributed by atoms with Gasteiger partial charge in [-0.25, -0.2) is 4.79 Å². The van der Waals surface area contributed by atoms with Gasteiger partial charge >= 0.3 is 5.97 Å². The van der Waals surface area contributed by atoms with Gasteiger partial charge in [0.05, 0.1) is 0 Å². The third-order valence-electron chi connectivity index (χ3n) is 1.00. The summed E-state index contributed by atoms with van der Waals surface area (Å²) in [5, 5.41) is 17.1. The predicted molar refractivity (Wildman–Crippen MR) is 35.9 cm³/mol. The second kappa shape index (κ2) is 5.06. The topological polar surface area (TPSA) is 76.0 Å². The third kappa shape index (κ3) is 3.31. The Kier molecular flexibility index (Phi) is 4.76. The van der Waals surface area contributed by atoms with Gasteiger partial charge in [-0.3, -0.25) is 0 Å². The predicted octanol–water partition coefficient (Wildman–Crippen LogP) is -1.47. The van der Waals surface area contributed by atoms with Gasteiger partial charge in [-0.15, -0.1) is 0 Å². The molecule has 0 spiro atoms. The van der Waals surface area contributed by atoms with E-state index in [9.17, 15) is 4.79 Å². The van der Waals surface area contributed by atoms with E-state index in [-0.39, 0.29) is 6.61 Å². The molecule has 5 heteroatoms. The van der Waals surface area contributed by atoms with Crippen molar-refractivity contribution in [1.29, 1.82) is 0 Å². The zero-order valence-corrected chi connectivity index (χ0v) is 6.48. The molecule has 0 aromatic rings. The molecular weight excluding hydrogens is 152 g/mol. The Bertz CT molecular complexity index is 124. The van der Waals surface area contributed by atoms with Gasteiger partial charge in [0.1, 0.15) is 12.7 Å². The van der Waals surface area contributed by atoms with Crippen molar-refractivity contribution >= 4 is 5.97 Å². The van der Waals surface area contributed by atoms with Crippen molar-refractivity contribution in [1.82, 2.24) is 0 Å². The van der Waals surface area contributed by atoms with Crippen LogP contribution in [-0.2, 0) is 14.3 Å². The van der Waals surface area contributed by atoms with Gasteiger partial charge in [-0.2, -0.15) is 0 Å². The number of aliphatic hydroxyl groups is 2. The van der Waals surface area contributed by atoms with Crippen LogP contribution in [0.1, 0.15) is 0 Å². The van der Waals surface area contributed by atoms with E-state index in [1.165, 1.54) is 0 Å². The molecule has 2 unspecified atom stereocenters. The summed E-state index contributed by atoms with van der Waals surface area (Å²) in [6.07, 6.45) is -2.35. The Balaban J connectivity index is 0.000000292. The van der Waals surface area contributed by atoms with E-state index >= 15 is 0 Å². The van der Waals surface area contributed by atoms with E-state index in [4.69, 9.17) is 10.2 Å². The Hall–Kier alpha value is -0.650. The first-order chi connectivity index (χ1) is 5.13. The van der Waals surface area contributed by atoms with Gasteiger partial charge in [0.2, 0.25) is 0 Å². The number of carbonyl (C=O) groups excluding carboxylic acids is 1. The highest BCUT2D eigenvalue weighted by atomic mass is 16.6. The number of hydrogen-bond acceptors (Lipinski definition) is 5. The van der Waals surface area contributed by atoms with Crippen LogP contribution in [0.2, 0.25) is 0 Å². The molecule has 5 nitrogen and oxygen atoms in total. The van der Waals surface area contributed by atoms with Crippen LogP contribution in [0.25, 0.3) is 0 Å². The Labute approximate surface area is 64.5 Å². The van der Waals surface area contributed by atoms with Gasteiger partial charge in [0, 0.05) is 14.2 Å². The number of methoxy groups -OCH3 is 1. The second-order valence-corrected chi connectivity index (χ2v) is 2.05. The van der Waals surface area contributed by atoms with E-state index in [0.717, 1.165) is 0 Å². The van der Waals surface area contributed by atoms with Crippen molar-refractivity contribution in [2.75, 3.05) is 20.8 Å². The van der Waals surface area contributed by atoms with Crippen molar-refractivity contribution in [3.05, 3.63) is 0 Å². The SMILES string of the molecule is COC.O=C1OCC(O)C1O. The van der Waals surface area contributed by atoms with E-state index in [2.05, 4.69) is 9.47 Å². The molecule has 11 heavy (non-hydrogen) atoms. The molecule has 0 aliphatic carbocycles. The molecule has 2 N–H and O–H groups in total. The van der Waals surface area contributed by atoms with Gasteiger partial charge in [0.25, 0.3) is 0 Å². The van der Waals surface area contributed by atoms with Crippen LogP contribution in [0.4, 0.5) is 0 Å². The first kappa shape index (κ1) is 10.3.